The minimum absolute atomic E-state index is 0.136. The Bertz CT molecular complexity index is 694. The molecule has 7 heteroatoms. The van der Waals surface area contributed by atoms with E-state index in [1.54, 1.807) is 25.5 Å². The number of rotatable bonds is 5. The van der Waals surface area contributed by atoms with Crippen molar-refractivity contribution in [3.63, 3.8) is 0 Å². The van der Waals surface area contributed by atoms with Crippen LogP contribution in [0.15, 0.2) is 35.7 Å². The van der Waals surface area contributed by atoms with Crippen molar-refractivity contribution in [3.8, 4) is 5.75 Å². The van der Waals surface area contributed by atoms with Crippen molar-refractivity contribution >= 4 is 10.0 Å². The molecule has 0 amide bonds. The van der Waals surface area contributed by atoms with Crippen LogP contribution in [0, 0.1) is 13.8 Å². The normalized spacial score (nSPS) is 11.6. The number of hydrogen-bond donors (Lipinski definition) is 1. The molecule has 0 atom stereocenters. The number of primary sulfonamides is 1. The molecule has 2 rings (SSSR count). The van der Waals surface area contributed by atoms with Crippen molar-refractivity contribution in [3.05, 3.63) is 42.0 Å². The third-order valence-electron chi connectivity index (χ3n) is 3.16. The second-order valence-electron chi connectivity index (χ2n) is 4.51. The van der Waals surface area contributed by atoms with Crippen LogP contribution in [-0.2, 0) is 16.6 Å². The van der Waals surface area contributed by atoms with Gasteiger partial charge in [-0.15, -0.1) is 0 Å². The molecular weight excluding hydrogens is 278 g/mol. The maximum Gasteiger partial charge on any atom is 0.238 e. The molecule has 1 heterocycles. The van der Waals surface area contributed by atoms with Gasteiger partial charge in [-0.1, -0.05) is 0 Å². The molecule has 0 fully saturated rings. The quantitative estimate of drug-likeness (QED) is 0.898. The molecular formula is C13H17N3O3S. The zero-order valence-corrected chi connectivity index (χ0v) is 12.2. The van der Waals surface area contributed by atoms with Crippen molar-refractivity contribution < 1.29 is 13.2 Å². The second kappa shape index (κ2) is 5.64. The summed E-state index contributed by atoms with van der Waals surface area (Å²) >= 11 is 0. The first-order valence-corrected chi connectivity index (χ1v) is 7.66. The van der Waals surface area contributed by atoms with Gasteiger partial charge >= 0.3 is 0 Å². The van der Waals surface area contributed by atoms with Gasteiger partial charge in [-0.2, -0.15) is 0 Å². The van der Waals surface area contributed by atoms with Gasteiger partial charge in [0.15, 0.2) is 0 Å². The number of hydrogen-bond acceptors (Lipinski definition) is 4. The molecule has 0 saturated heterocycles. The summed E-state index contributed by atoms with van der Waals surface area (Å²) in [6.07, 6.45) is 5.27. The molecule has 108 valence electrons. The maximum absolute atomic E-state index is 11.4. The van der Waals surface area contributed by atoms with Gasteiger partial charge in [0, 0.05) is 12.4 Å². The van der Waals surface area contributed by atoms with Gasteiger partial charge in [0.05, 0.1) is 17.8 Å². The zero-order chi connectivity index (χ0) is 14.8. The Morgan fingerprint density at radius 3 is 2.65 bits per heavy atom. The number of aromatic nitrogens is 2. The number of imidazole rings is 1. The molecule has 0 aliphatic carbocycles. The number of ether oxygens (including phenoxy) is 1. The molecule has 6 nitrogen and oxygen atoms in total. The van der Waals surface area contributed by atoms with E-state index < -0.39 is 10.0 Å². The summed E-state index contributed by atoms with van der Waals surface area (Å²) in [6.45, 7) is 4.69. The highest BCUT2D eigenvalue weighted by Crippen LogP contribution is 2.26. The fourth-order valence-electron chi connectivity index (χ4n) is 1.92. The third-order valence-corrected chi connectivity index (χ3v) is 4.22. The first kappa shape index (κ1) is 14.5. The molecule has 1 aromatic heterocycles. The smallest absolute Gasteiger partial charge is 0.238 e. The van der Waals surface area contributed by atoms with Crippen LogP contribution in [0.1, 0.15) is 11.1 Å². The fraction of sp³-hybridized carbons (Fsp3) is 0.308. The third kappa shape index (κ3) is 3.17. The molecule has 20 heavy (non-hydrogen) atoms. The summed E-state index contributed by atoms with van der Waals surface area (Å²) in [5.41, 5.74) is 1.40. The lowest BCUT2D eigenvalue weighted by atomic mass is 10.1. The summed E-state index contributed by atoms with van der Waals surface area (Å²) in [4.78, 5) is 4.08. The highest BCUT2D eigenvalue weighted by Gasteiger charge is 2.15. The van der Waals surface area contributed by atoms with Gasteiger partial charge < -0.3 is 9.30 Å². The lowest BCUT2D eigenvalue weighted by Gasteiger charge is -2.13. The fourth-order valence-corrected chi connectivity index (χ4v) is 2.75. The molecule has 0 unspecified atom stereocenters. The number of nitrogens with two attached hydrogens (primary N) is 1. The predicted molar refractivity (Wildman–Crippen MR) is 75.0 cm³/mol. The molecule has 2 N–H and O–H groups in total. The molecule has 0 aliphatic heterocycles. The van der Waals surface area contributed by atoms with Gasteiger partial charge in [0.25, 0.3) is 0 Å². The van der Waals surface area contributed by atoms with Gasteiger partial charge in [0.1, 0.15) is 12.4 Å². The van der Waals surface area contributed by atoms with Crippen LogP contribution in [0.25, 0.3) is 0 Å². The Hall–Kier alpha value is -1.86. The summed E-state index contributed by atoms with van der Waals surface area (Å²) in [6, 6.07) is 3.11. The van der Waals surface area contributed by atoms with Crippen molar-refractivity contribution in [2.45, 2.75) is 25.3 Å². The Morgan fingerprint density at radius 1 is 1.30 bits per heavy atom. The number of benzene rings is 1. The lowest BCUT2D eigenvalue weighted by molar-refractivity contribution is 0.296. The monoisotopic (exact) mass is 295 g/mol. The van der Waals surface area contributed by atoms with Crippen LogP contribution in [0.2, 0.25) is 0 Å². The van der Waals surface area contributed by atoms with Gasteiger partial charge in [-0.25, -0.2) is 18.5 Å². The van der Waals surface area contributed by atoms with Crippen molar-refractivity contribution in [2.24, 2.45) is 5.14 Å². The Balaban J connectivity index is 2.12. The molecule has 0 saturated carbocycles. The van der Waals surface area contributed by atoms with Crippen LogP contribution < -0.4 is 9.88 Å². The van der Waals surface area contributed by atoms with Crippen LogP contribution in [0.5, 0.6) is 5.75 Å². The second-order valence-corrected chi connectivity index (χ2v) is 6.04. The van der Waals surface area contributed by atoms with E-state index in [-0.39, 0.29) is 4.90 Å². The highest BCUT2D eigenvalue weighted by atomic mass is 32.2. The van der Waals surface area contributed by atoms with E-state index in [0.717, 1.165) is 5.56 Å². The van der Waals surface area contributed by atoms with Gasteiger partial charge in [-0.05, 0) is 37.1 Å². The van der Waals surface area contributed by atoms with Crippen LogP contribution >= 0.6 is 0 Å². The van der Waals surface area contributed by atoms with Crippen molar-refractivity contribution in [1.29, 1.82) is 0 Å². The van der Waals surface area contributed by atoms with E-state index in [0.29, 0.717) is 24.5 Å². The van der Waals surface area contributed by atoms with Crippen LogP contribution in [-0.4, -0.2) is 24.6 Å². The summed E-state index contributed by atoms with van der Waals surface area (Å²) in [5.74, 6) is 0.662. The average Bonchev–Trinajstić information content (AvgIpc) is 2.86. The van der Waals surface area contributed by atoms with Crippen LogP contribution in [0.3, 0.4) is 0 Å². The SMILES string of the molecule is Cc1c(OCCn2ccnc2)ccc(S(N)(=O)=O)c1C. The predicted octanol–water partition coefficient (Wildman–Crippen LogP) is 1.23. The summed E-state index contributed by atoms with van der Waals surface area (Å²) < 4.78 is 30.4. The van der Waals surface area contributed by atoms with Gasteiger partial charge in [0.2, 0.25) is 10.0 Å². The summed E-state index contributed by atoms with van der Waals surface area (Å²) in [5, 5.41) is 5.16. The van der Waals surface area contributed by atoms with Crippen molar-refractivity contribution in [1.82, 2.24) is 9.55 Å². The van der Waals surface area contributed by atoms with E-state index >= 15 is 0 Å². The van der Waals surface area contributed by atoms with Gasteiger partial charge in [-0.3, -0.25) is 0 Å². The zero-order valence-electron chi connectivity index (χ0n) is 11.4. The number of nitrogens with zero attached hydrogens (tertiary/aromatic N) is 2. The van der Waals surface area contributed by atoms with Crippen LogP contribution in [0.4, 0.5) is 0 Å². The molecule has 0 radical (unpaired) electrons. The Morgan fingerprint density at radius 2 is 2.05 bits per heavy atom. The Kier molecular flexibility index (Phi) is 4.10. The van der Waals surface area contributed by atoms with E-state index in [1.165, 1.54) is 6.07 Å². The molecule has 0 bridgehead atoms. The highest BCUT2D eigenvalue weighted by molar-refractivity contribution is 7.89. The van der Waals surface area contributed by atoms with E-state index in [2.05, 4.69) is 4.98 Å². The molecule has 2 aromatic rings. The topological polar surface area (TPSA) is 87.2 Å². The molecule has 0 spiro atoms. The Labute approximate surface area is 118 Å². The maximum atomic E-state index is 11.4. The number of sulfonamides is 1. The van der Waals surface area contributed by atoms with E-state index in [4.69, 9.17) is 9.88 Å². The summed E-state index contributed by atoms with van der Waals surface area (Å²) in [7, 11) is -3.70. The van der Waals surface area contributed by atoms with E-state index in [9.17, 15) is 8.42 Å². The largest absolute Gasteiger partial charge is 0.491 e. The first-order chi connectivity index (χ1) is 9.39. The molecule has 1 aromatic carbocycles. The minimum atomic E-state index is -3.70. The standard InChI is InChI=1S/C13H17N3O3S/c1-10-11(2)13(20(14,17)18)4-3-12(10)19-8-7-16-6-5-15-9-16/h3-6,9H,7-8H2,1-2H3,(H2,14,17,18). The lowest BCUT2D eigenvalue weighted by Crippen LogP contribution is -2.15. The average molecular weight is 295 g/mol. The van der Waals surface area contributed by atoms with E-state index in [1.807, 2.05) is 17.7 Å². The molecule has 0 aliphatic rings. The minimum Gasteiger partial charge on any atom is -0.491 e. The van der Waals surface area contributed by atoms with Crippen molar-refractivity contribution in [2.75, 3.05) is 6.61 Å². The first-order valence-electron chi connectivity index (χ1n) is 6.11.